The summed E-state index contributed by atoms with van der Waals surface area (Å²) >= 11 is 0. The Kier molecular flexibility index (Phi) is 7.21. The molecule has 0 unspecified atom stereocenters. The van der Waals surface area contributed by atoms with Crippen molar-refractivity contribution in [1.82, 2.24) is 5.43 Å². The van der Waals surface area contributed by atoms with Gasteiger partial charge in [0.05, 0.1) is 34.7 Å². The minimum atomic E-state index is -0.925. The van der Waals surface area contributed by atoms with Gasteiger partial charge in [0.25, 0.3) is 0 Å². The van der Waals surface area contributed by atoms with Crippen molar-refractivity contribution in [3.63, 3.8) is 0 Å². The van der Waals surface area contributed by atoms with Gasteiger partial charge in [-0.25, -0.2) is 5.43 Å². The number of methoxy groups -OCH3 is 4. The molecular weight excluding hydrogens is 366 g/mol. The first kappa shape index (κ1) is 20.6. The van der Waals surface area contributed by atoms with Crippen LogP contribution in [-0.4, -0.2) is 46.5 Å². The molecule has 0 aliphatic heterocycles. The molecule has 0 saturated heterocycles. The van der Waals surface area contributed by atoms with E-state index in [1.807, 2.05) is 0 Å². The van der Waals surface area contributed by atoms with Crippen LogP contribution in [0.5, 0.6) is 23.0 Å². The Hall–Kier alpha value is -3.75. The molecule has 2 aromatic carbocycles. The van der Waals surface area contributed by atoms with Gasteiger partial charge in [-0.1, -0.05) is 6.07 Å². The van der Waals surface area contributed by atoms with Gasteiger partial charge >= 0.3 is 11.8 Å². The summed E-state index contributed by atoms with van der Waals surface area (Å²) in [5, 5.41) is 6.24. The smallest absolute Gasteiger partial charge is 0.329 e. The Balaban J connectivity index is 2.03. The van der Waals surface area contributed by atoms with Crippen LogP contribution in [0.1, 0.15) is 5.56 Å². The number of hydrogen-bond acceptors (Lipinski definition) is 7. The van der Waals surface area contributed by atoms with Crippen molar-refractivity contribution in [2.75, 3.05) is 33.8 Å². The van der Waals surface area contributed by atoms with E-state index in [-0.39, 0.29) is 0 Å². The van der Waals surface area contributed by atoms with Crippen LogP contribution in [0.2, 0.25) is 0 Å². The molecule has 2 rings (SSSR count). The Labute approximate surface area is 162 Å². The molecule has 0 saturated carbocycles. The fraction of sp³-hybridized carbons (Fsp3) is 0.211. The van der Waals surface area contributed by atoms with Gasteiger partial charge in [-0.2, -0.15) is 5.10 Å². The minimum Gasteiger partial charge on any atom is -0.497 e. The number of carbonyl (C=O) groups is 2. The molecular formula is C19H21N3O6. The first-order valence-corrected chi connectivity index (χ1v) is 8.10. The van der Waals surface area contributed by atoms with Crippen LogP contribution in [0.25, 0.3) is 0 Å². The highest BCUT2D eigenvalue weighted by molar-refractivity contribution is 6.39. The first-order valence-electron chi connectivity index (χ1n) is 8.10. The van der Waals surface area contributed by atoms with Crippen LogP contribution in [-0.2, 0) is 9.59 Å². The molecule has 0 fully saturated rings. The number of nitrogens with one attached hydrogen (secondary N) is 2. The highest BCUT2D eigenvalue weighted by Crippen LogP contribution is 2.37. The van der Waals surface area contributed by atoms with Gasteiger partial charge in [0.1, 0.15) is 5.75 Å². The standard InChI is InChI=1S/C19H21N3O6/c1-25-14-7-5-6-13(10-14)21-18(23)19(24)22-20-11-12-8-15(26-2)17(28-4)16(9-12)27-3/h5-11H,1-4H3,(H,21,23)(H,22,24). The van der Waals surface area contributed by atoms with Crippen molar-refractivity contribution in [2.45, 2.75) is 0 Å². The summed E-state index contributed by atoms with van der Waals surface area (Å²) in [6, 6.07) is 9.92. The quantitative estimate of drug-likeness (QED) is 0.426. The summed E-state index contributed by atoms with van der Waals surface area (Å²) in [5.74, 6) is 0.0695. The Bertz CT molecular complexity index is 857. The van der Waals surface area contributed by atoms with Crippen LogP contribution in [0.3, 0.4) is 0 Å². The van der Waals surface area contributed by atoms with Crippen LogP contribution in [0, 0.1) is 0 Å². The summed E-state index contributed by atoms with van der Waals surface area (Å²) in [6.07, 6.45) is 1.35. The van der Waals surface area contributed by atoms with Gasteiger partial charge in [0, 0.05) is 17.3 Å². The second-order valence-electron chi connectivity index (χ2n) is 5.34. The lowest BCUT2D eigenvalue weighted by Gasteiger charge is -2.12. The fourth-order valence-electron chi connectivity index (χ4n) is 2.28. The second kappa shape index (κ2) is 9.81. The predicted molar refractivity (Wildman–Crippen MR) is 103 cm³/mol. The highest BCUT2D eigenvalue weighted by atomic mass is 16.5. The maximum Gasteiger partial charge on any atom is 0.329 e. The third-order valence-corrected chi connectivity index (χ3v) is 3.60. The van der Waals surface area contributed by atoms with Crippen molar-refractivity contribution in [3.05, 3.63) is 42.0 Å². The van der Waals surface area contributed by atoms with Crippen molar-refractivity contribution in [3.8, 4) is 23.0 Å². The number of ether oxygens (including phenoxy) is 4. The zero-order valence-electron chi connectivity index (χ0n) is 15.9. The van der Waals surface area contributed by atoms with E-state index < -0.39 is 11.8 Å². The number of carbonyl (C=O) groups excluding carboxylic acids is 2. The van der Waals surface area contributed by atoms with E-state index in [1.54, 1.807) is 36.4 Å². The second-order valence-corrected chi connectivity index (χ2v) is 5.34. The van der Waals surface area contributed by atoms with Gasteiger partial charge < -0.3 is 24.3 Å². The van der Waals surface area contributed by atoms with Crippen molar-refractivity contribution < 1.29 is 28.5 Å². The molecule has 2 aromatic rings. The summed E-state index contributed by atoms with van der Waals surface area (Å²) < 4.78 is 20.8. The zero-order valence-corrected chi connectivity index (χ0v) is 15.9. The van der Waals surface area contributed by atoms with E-state index >= 15 is 0 Å². The monoisotopic (exact) mass is 387 g/mol. The predicted octanol–water partition coefficient (Wildman–Crippen LogP) is 1.81. The SMILES string of the molecule is COc1cccc(NC(=O)C(=O)NN=Cc2cc(OC)c(OC)c(OC)c2)c1. The molecule has 2 amide bonds. The lowest BCUT2D eigenvalue weighted by atomic mass is 10.2. The van der Waals surface area contributed by atoms with Crippen LogP contribution in [0.15, 0.2) is 41.5 Å². The summed E-state index contributed by atoms with van der Waals surface area (Å²) in [6.45, 7) is 0. The van der Waals surface area contributed by atoms with Crippen molar-refractivity contribution in [1.29, 1.82) is 0 Å². The van der Waals surface area contributed by atoms with Crippen molar-refractivity contribution >= 4 is 23.7 Å². The number of benzene rings is 2. The molecule has 28 heavy (non-hydrogen) atoms. The molecule has 0 bridgehead atoms. The van der Waals surface area contributed by atoms with E-state index in [0.717, 1.165) is 0 Å². The van der Waals surface area contributed by atoms with Gasteiger partial charge in [-0.05, 0) is 24.3 Å². The topological polar surface area (TPSA) is 107 Å². The fourth-order valence-corrected chi connectivity index (χ4v) is 2.28. The van der Waals surface area contributed by atoms with E-state index in [1.165, 1.54) is 34.7 Å². The first-order chi connectivity index (χ1) is 13.5. The lowest BCUT2D eigenvalue weighted by Crippen LogP contribution is -2.32. The number of hydrogen-bond donors (Lipinski definition) is 2. The van der Waals surface area contributed by atoms with Gasteiger partial charge in [-0.15, -0.1) is 0 Å². The van der Waals surface area contributed by atoms with Gasteiger partial charge in [0.15, 0.2) is 11.5 Å². The number of rotatable bonds is 7. The molecule has 148 valence electrons. The molecule has 0 aromatic heterocycles. The number of nitrogens with zero attached hydrogens (tertiary/aromatic N) is 1. The minimum absolute atomic E-state index is 0.424. The number of hydrazone groups is 1. The van der Waals surface area contributed by atoms with Gasteiger partial charge in [-0.3, -0.25) is 9.59 Å². The molecule has 9 heteroatoms. The maximum absolute atomic E-state index is 11.9. The number of amides is 2. The largest absolute Gasteiger partial charge is 0.497 e. The molecule has 9 nitrogen and oxygen atoms in total. The number of anilines is 1. The molecule has 0 atom stereocenters. The van der Waals surface area contributed by atoms with Crippen molar-refractivity contribution in [2.24, 2.45) is 5.10 Å². The summed E-state index contributed by atoms with van der Waals surface area (Å²) in [4.78, 5) is 23.8. The summed E-state index contributed by atoms with van der Waals surface area (Å²) in [7, 11) is 5.98. The molecule has 0 aliphatic carbocycles. The van der Waals surface area contributed by atoms with E-state index in [0.29, 0.717) is 34.2 Å². The normalized spacial score (nSPS) is 10.3. The Morgan fingerprint density at radius 3 is 2.14 bits per heavy atom. The lowest BCUT2D eigenvalue weighted by molar-refractivity contribution is -0.136. The third-order valence-electron chi connectivity index (χ3n) is 3.60. The summed E-state index contributed by atoms with van der Waals surface area (Å²) in [5.41, 5.74) is 3.15. The zero-order chi connectivity index (χ0) is 20.5. The highest BCUT2D eigenvalue weighted by Gasteiger charge is 2.14. The van der Waals surface area contributed by atoms with E-state index in [2.05, 4.69) is 15.8 Å². The van der Waals surface area contributed by atoms with Crippen LogP contribution in [0.4, 0.5) is 5.69 Å². The average Bonchev–Trinajstić information content (AvgIpc) is 2.72. The van der Waals surface area contributed by atoms with Crippen LogP contribution >= 0.6 is 0 Å². The molecule has 0 heterocycles. The average molecular weight is 387 g/mol. The van der Waals surface area contributed by atoms with Crippen LogP contribution < -0.4 is 29.7 Å². The third kappa shape index (κ3) is 5.13. The van der Waals surface area contributed by atoms with Gasteiger partial charge in [0.2, 0.25) is 5.75 Å². The molecule has 0 radical (unpaired) electrons. The molecule has 2 N–H and O–H groups in total. The molecule has 0 spiro atoms. The molecule has 0 aliphatic rings. The Morgan fingerprint density at radius 1 is 0.893 bits per heavy atom. The van der Waals surface area contributed by atoms with E-state index in [4.69, 9.17) is 18.9 Å². The maximum atomic E-state index is 11.9. The Morgan fingerprint density at radius 2 is 1.57 bits per heavy atom. The van der Waals surface area contributed by atoms with E-state index in [9.17, 15) is 9.59 Å².